The first kappa shape index (κ1) is 11.5. The first-order chi connectivity index (χ1) is 6.63. The van der Waals surface area contributed by atoms with Gasteiger partial charge in [0, 0.05) is 18.5 Å². The Morgan fingerprint density at radius 1 is 1.64 bits per heavy atom. The Labute approximate surface area is 85.6 Å². The lowest BCUT2D eigenvalue weighted by Crippen LogP contribution is -2.38. The van der Waals surface area contributed by atoms with Crippen LogP contribution in [0.1, 0.15) is 20.3 Å². The van der Waals surface area contributed by atoms with Crippen molar-refractivity contribution in [3.05, 3.63) is 0 Å². The van der Waals surface area contributed by atoms with Gasteiger partial charge in [-0.15, -0.1) is 0 Å². The molecule has 4 N–H and O–H groups in total. The molecule has 0 aromatic carbocycles. The fourth-order valence-electron chi connectivity index (χ4n) is 1.67. The second-order valence-electron chi connectivity index (χ2n) is 4.34. The normalized spacial score (nSPS) is 26.9. The van der Waals surface area contributed by atoms with Crippen LogP contribution in [-0.2, 0) is 4.79 Å². The minimum atomic E-state index is 0.0710. The van der Waals surface area contributed by atoms with Gasteiger partial charge in [-0.25, -0.2) is 0 Å². The van der Waals surface area contributed by atoms with Gasteiger partial charge in [-0.05, 0) is 25.4 Å². The Bertz CT molecular complexity index is 194. The van der Waals surface area contributed by atoms with E-state index in [-0.39, 0.29) is 11.8 Å². The number of hydrogen-bond donors (Lipinski definition) is 3. The molecule has 1 heterocycles. The topological polar surface area (TPSA) is 67.2 Å². The van der Waals surface area contributed by atoms with Crippen LogP contribution in [-0.4, -0.2) is 31.6 Å². The van der Waals surface area contributed by atoms with Crippen LogP contribution in [0.4, 0.5) is 0 Å². The maximum absolute atomic E-state index is 11.3. The summed E-state index contributed by atoms with van der Waals surface area (Å²) < 4.78 is 0. The Hall–Kier alpha value is -0.610. The van der Waals surface area contributed by atoms with Gasteiger partial charge in [0.05, 0.1) is 0 Å². The highest BCUT2D eigenvalue weighted by atomic mass is 16.1. The second kappa shape index (κ2) is 5.32. The zero-order chi connectivity index (χ0) is 10.6. The zero-order valence-corrected chi connectivity index (χ0v) is 9.05. The number of carbonyl (C=O) groups excluding carboxylic acids is 1. The monoisotopic (exact) mass is 199 g/mol. The molecule has 1 aliphatic rings. The number of nitrogens with one attached hydrogen (secondary N) is 2. The van der Waals surface area contributed by atoms with Gasteiger partial charge >= 0.3 is 0 Å². The zero-order valence-electron chi connectivity index (χ0n) is 9.05. The highest BCUT2D eigenvalue weighted by Gasteiger charge is 2.23. The number of hydrogen-bond acceptors (Lipinski definition) is 3. The molecular weight excluding hydrogens is 178 g/mol. The van der Waals surface area contributed by atoms with Gasteiger partial charge in [0.2, 0.25) is 5.91 Å². The number of carbonyl (C=O) groups is 1. The predicted molar refractivity (Wildman–Crippen MR) is 56.8 cm³/mol. The van der Waals surface area contributed by atoms with E-state index in [0.29, 0.717) is 12.0 Å². The summed E-state index contributed by atoms with van der Waals surface area (Å²) >= 11 is 0. The summed E-state index contributed by atoms with van der Waals surface area (Å²) in [5, 5.41) is 6.28. The number of nitrogens with two attached hydrogens (primary N) is 1. The van der Waals surface area contributed by atoms with Crippen molar-refractivity contribution >= 4 is 5.91 Å². The highest BCUT2D eigenvalue weighted by Crippen LogP contribution is 2.11. The van der Waals surface area contributed by atoms with Gasteiger partial charge in [-0.3, -0.25) is 4.79 Å². The second-order valence-corrected chi connectivity index (χ2v) is 4.34. The molecule has 82 valence electrons. The van der Waals surface area contributed by atoms with Gasteiger partial charge in [-0.1, -0.05) is 13.8 Å². The van der Waals surface area contributed by atoms with E-state index in [2.05, 4.69) is 10.6 Å². The molecule has 1 aliphatic heterocycles. The minimum Gasteiger partial charge on any atom is -0.354 e. The lowest BCUT2D eigenvalue weighted by molar-refractivity contribution is -0.124. The lowest BCUT2D eigenvalue weighted by Gasteiger charge is -2.13. The summed E-state index contributed by atoms with van der Waals surface area (Å²) in [6.45, 7) is 6.26. The van der Waals surface area contributed by atoms with Crippen LogP contribution in [0.5, 0.6) is 0 Å². The first-order valence-corrected chi connectivity index (χ1v) is 5.34. The summed E-state index contributed by atoms with van der Waals surface area (Å²) in [5.74, 6) is 0.778. The molecule has 0 aliphatic carbocycles. The number of rotatable bonds is 4. The third kappa shape index (κ3) is 3.27. The summed E-state index contributed by atoms with van der Waals surface area (Å²) in [6.07, 6.45) is 1.08. The molecule has 0 spiro atoms. The minimum absolute atomic E-state index is 0.0710. The Morgan fingerprint density at radius 3 is 2.86 bits per heavy atom. The summed E-state index contributed by atoms with van der Waals surface area (Å²) in [5.41, 5.74) is 5.57. The van der Waals surface area contributed by atoms with Gasteiger partial charge in [-0.2, -0.15) is 0 Å². The van der Waals surface area contributed by atoms with Crippen molar-refractivity contribution < 1.29 is 4.79 Å². The molecule has 0 unspecified atom stereocenters. The molecule has 0 saturated carbocycles. The third-order valence-electron chi connectivity index (χ3n) is 2.69. The lowest BCUT2D eigenvalue weighted by atomic mass is 10.1. The fourth-order valence-corrected chi connectivity index (χ4v) is 1.67. The van der Waals surface area contributed by atoms with Crippen molar-refractivity contribution in [2.45, 2.75) is 26.3 Å². The third-order valence-corrected chi connectivity index (χ3v) is 2.69. The van der Waals surface area contributed by atoms with Crippen LogP contribution in [0.2, 0.25) is 0 Å². The largest absolute Gasteiger partial charge is 0.354 e. The van der Waals surface area contributed by atoms with Crippen molar-refractivity contribution in [2.24, 2.45) is 17.6 Å². The van der Waals surface area contributed by atoms with Crippen LogP contribution < -0.4 is 16.4 Å². The van der Waals surface area contributed by atoms with E-state index in [1.54, 1.807) is 0 Å². The molecule has 2 atom stereocenters. The van der Waals surface area contributed by atoms with Crippen LogP contribution in [0.3, 0.4) is 0 Å². The molecule has 1 rings (SSSR count). The van der Waals surface area contributed by atoms with Gasteiger partial charge in [0.1, 0.15) is 0 Å². The van der Waals surface area contributed by atoms with Crippen molar-refractivity contribution in [3.63, 3.8) is 0 Å². The van der Waals surface area contributed by atoms with E-state index in [9.17, 15) is 4.79 Å². The Kier molecular flexibility index (Phi) is 4.35. The summed E-state index contributed by atoms with van der Waals surface area (Å²) in [4.78, 5) is 11.3. The molecular formula is C10H21N3O. The van der Waals surface area contributed by atoms with Crippen molar-refractivity contribution in [1.29, 1.82) is 0 Å². The molecule has 4 nitrogen and oxygen atoms in total. The van der Waals surface area contributed by atoms with Crippen molar-refractivity contribution in [2.75, 3.05) is 19.6 Å². The molecule has 0 aromatic rings. The fraction of sp³-hybridized carbons (Fsp3) is 0.900. The van der Waals surface area contributed by atoms with Crippen LogP contribution in [0, 0.1) is 11.8 Å². The van der Waals surface area contributed by atoms with Crippen LogP contribution in [0.15, 0.2) is 0 Å². The number of amides is 1. The average Bonchev–Trinajstić information content (AvgIpc) is 2.61. The Balaban J connectivity index is 2.17. The van der Waals surface area contributed by atoms with Crippen LogP contribution >= 0.6 is 0 Å². The first-order valence-electron chi connectivity index (χ1n) is 5.34. The maximum Gasteiger partial charge on any atom is 0.222 e. The average molecular weight is 199 g/mol. The van der Waals surface area contributed by atoms with Crippen LogP contribution in [0.25, 0.3) is 0 Å². The summed E-state index contributed by atoms with van der Waals surface area (Å²) in [6, 6.07) is 0.409. The van der Waals surface area contributed by atoms with Gasteiger partial charge < -0.3 is 16.4 Å². The SMILES string of the molecule is CC(C)C(=O)NC[C@@H]1C[C@@H](CN)CN1. The molecule has 1 amide bonds. The molecule has 0 aromatic heterocycles. The van der Waals surface area contributed by atoms with Gasteiger partial charge in [0.25, 0.3) is 0 Å². The van der Waals surface area contributed by atoms with Gasteiger partial charge in [0.15, 0.2) is 0 Å². The quantitative estimate of drug-likeness (QED) is 0.582. The molecule has 0 bridgehead atoms. The van der Waals surface area contributed by atoms with E-state index in [0.717, 1.165) is 26.1 Å². The molecule has 1 fully saturated rings. The standard InChI is InChI=1S/C10H21N3O/c1-7(2)10(14)13-6-9-3-8(4-11)5-12-9/h7-9,12H,3-6,11H2,1-2H3,(H,13,14)/t8-,9-/m0/s1. The maximum atomic E-state index is 11.3. The molecule has 14 heavy (non-hydrogen) atoms. The molecule has 4 heteroatoms. The van der Waals surface area contributed by atoms with E-state index < -0.39 is 0 Å². The van der Waals surface area contributed by atoms with E-state index in [4.69, 9.17) is 5.73 Å². The Morgan fingerprint density at radius 2 is 2.36 bits per heavy atom. The van der Waals surface area contributed by atoms with E-state index >= 15 is 0 Å². The molecule has 0 radical (unpaired) electrons. The van der Waals surface area contributed by atoms with E-state index in [1.165, 1.54) is 0 Å². The van der Waals surface area contributed by atoms with Crippen molar-refractivity contribution in [1.82, 2.24) is 10.6 Å². The molecule has 1 saturated heterocycles. The smallest absolute Gasteiger partial charge is 0.222 e. The predicted octanol–water partition coefficient (Wildman–Crippen LogP) is -0.305. The summed E-state index contributed by atoms with van der Waals surface area (Å²) in [7, 11) is 0. The van der Waals surface area contributed by atoms with E-state index in [1.807, 2.05) is 13.8 Å². The van der Waals surface area contributed by atoms with Crippen molar-refractivity contribution in [3.8, 4) is 0 Å². The highest BCUT2D eigenvalue weighted by molar-refractivity contribution is 5.77.